The van der Waals surface area contributed by atoms with Crippen LogP contribution >= 0.6 is 11.6 Å². The van der Waals surface area contributed by atoms with Crippen LogP contribution < -0.4 is 5.32 Å². The molecule has 0 unspecified atom stereocenters. The van der Waals surface area contributed by atoms with Crippen molar-refractivity contribution in [3.05, 3.63) is 58.4 Å². The molecule has 1 N–H and O–H groups in total. The average molecular weight is 375 g/mol. The number of anilines is 1. The molecule has 0 aliphatic carbocycles. The van der Waals surface area contributed by atoms with Crippen molar-refractivity contribution >= 4 is 29.2 Å². The Kier molecular flexibility index (Phi) is 6.75. The predicted octanol–water partition coefficient (Wildman–Crippen LogP) is 4.78. The number of hydrogen-bond acceptors (Lipinski definition) is 4. The number of hydrogen-bond donors (Lipinski definition) is 1. The van der Waals surface area contributed by atoms with Gasteiger partial charge in [-0.3, -0.25) is 4.79 Å². The molecule has 0 aliphatic rings. The molecule has 0 aliphatic heterocycles. The van der Waals surface area contributed by atoms with E-state index >= 15 is 0 Å². The van der Waals surface area contributed by atoms with Crippen LogP contribution in [0.15, 0.2) is 36.5 Å². The lowest BCUT2D eigenvalue weighted by atomic mass is 9.92. The number of pyridine rings is 1. The van der Waals surface area contributed by atoms with Crippen LogP contribution in [0.4, 0.5) is 5.69 Å². The molecule has 1 amide bonds. The quantitative estimate of drug-likeness (QED) is 0.739. The molecule has 0 radical (unpaired) electrons. The minimum Gasteiger partial charge on any atom is -0.451 e. The first kappa shape index (κ1) is 19.9. The number of carbonyl (C=O) groups excluding carboxylic acids is 2. The summed E-state index contributed by atoms with van der Waals surface area (Å²) in [5, 5.41) is 3.28. The maximum absolute atomic E-state index is 12.3. The summed E-state index contributed by atoms with van der Waals surface area (Å²) in [6, 6.07) is 8.93. The van der Waals surface area contributed by atoms with E-state index in [1.807, 2.05) is 18.2 Å². The highest BCUT2D eigenvalue weighted by atomic mass is 35.5. The van der Waals surface area contributed by atoms with Crippen molar-refractivity contribution in [3.8, 4) is 0 Å². The zero-order chi connectivity index (χ0) is 19.3. The molecule has 2 aromatic rings. The van der Waals surface area contributed by atoms with Gasteiger partial charge in [0.15, 0.2) is 6.61 Å². The van der Waals surface area contributed by atoms with E-state index in [1.54, 1.807) is 6.07 Å². The number of aromatic nitrogens is 1. The van der Waals surface area contributed by atoms with Gasteiger partial charge in [-0.2, -0.15) is 0 Å². The minimum atomic E-state index is -0.691. The van der Waals surface area contributed by atoms with Crippen molar-refractivity contribution < 1.29 is 14.3 Å². The number of carbonyl (C=O) groups is 2. The first-order chi connectivity index (χ1) is 12.3. The molecule has 0 bridgehead atoms. The largest absolute Gasteiger partial charge is 0.451 e. The van der Waals surface area contributed by atoms with Crippen molar-refractivity contribution in [1.82, 2.24) is 4.98 Å². The van der Waals surface area contributed by atoms with E-state index in [4.69, 9.17) is 16.3 Å². The average Bonchev–Trinajstić information content (AvgIpc) is 2.59. The Morgan fingerprint density at radius 1 is 1.12 bits per heavy atom. The van der Waals surface area contributed by atoms with Crippen LogP contribution in [-0.4, -0.2) is 23.5 Å². The van der Waals surface area contributed by atoms with E-state index in [-0.39, 0.29) is 17.5 Å². The zero-order valence-corrected chi connectivity index (χ0v) is 16.1. The van der Waals surface area contributed by atoms with Gasteiger partial charge in [-0.25, -0.2) is 9.78 Å². The molecule has 138 valence electrons. The maximum atomic E-state index is 12.3. The molecule has 5 nitrogen and oxygen atoms in total. The van der Waals surface area contributed by atoms with Crippen molar-refractivity contribution in [2.75, 3.05) is 11.9 Å². The number of halogens is 1. The number of ether oxygens (including phenoxy) is 1. The Morgan fingerprint density at radius 3 is 2.27 bits per heavy atom. The summed E-state index contributed by atoms with van der Waals surface area (Å²) < 4.78 is 5.05. The number of para-hydroxylation sites is 1. The summed E-state index contributed by atoms with van der Waals surface area (Å²) in [6.45, 7) is 7.89. The summed E-state index contributed by atoms with van der Waals surface area (Å²) in [5.74, 6) is -0.580. The number of amides is 1. The molecule has 0 spiro atoms. The maximum Gasteiger partial charge on any atom is 0.357 e. The molecule has 0 fully saturated rings. The summed E-state index contributed by atoms with van der Waals surface area (Å²) in [5.41, 5.74) is 2.95. The van der Waals surface area contributed by atoms with Gasteiger partial charge < -0.3 is 10.1 Å². The highest BCUT2D eigenvalue weighted by Gasteiger charge is 2.17. The molecule has 1 heterocycles. The topological polar surface area (TPSA) is 68.3 Å². The monoisotopic (exact) mass is 374 g/mol. The van der Waals surface area contributed by atoms with Crippen molar-refractivity contribution in [2.45, 2.75) is 39.5 Å². The minimum absolute atomic E-state index is 0.0655. The lowest BCUT2D eigenvalue weighted by Gasteiger charge is -2.20. The van der Waals surface area contributed by atoms with E-state index in [2.05, 4.69) is 38.0 Å². The molecule has 1 aromatic heterocycles. The molecular formula is C20H23ClN2O3. The van der Waals surface area contributed by atoms with Gasteiger partial charge in [0.05, 0.1) is 0 Å². The smallest absolute Gasteiger partial charge is 0.357 e. The third-order valence-electron chi connectivity index (χ3n) is 3.90. The van der Waals surface area contributed by atoms with E-state index < -0.39 is 18.5 Å². The first-order valence-corrected chi connectivity index (χ1v) is 8.88. The van der Waals surface area contributed by atoms with Gasteiger partial charge >= 0.3 is 5.97 Å². The van der Waals surface area contributed by atoms with Crippen molar-refractivity contribution in [3.63, 3.8) is 0 Å². The predicted molar refractivity (Wildman–Crippen MR) is 103 cm³/mol. The lowest BCUT2D eigenvalue weighted by Crippen LogP contribution is -2.23. The second-order valence-electron chi connectivity index (χ2n) is 6.60. The Labute approximate surface area is 158 Å². The van der Waals surface area contributed by atoms with Crippen molar-refractivity contribution in [1.29, 1.82) is 0 Å². The summed E-state index contributed by atoms with van der Waals surface area (Å²) >= 11 is 5.83. The number of benzene rings is 1. The van der Waals surface area contributed by atoms with Crippen LogP contribution in [-0.2, 0) is 9.53 Å². The third kappa shape index (κ3) is 5.05. The van der Waals surface area contributed by atoms with Crippen LogP contribution in [0.3, 0.4) is 0 Å². The SMILES string of the molecule is CC(C)c1cccc(C(C)C)c1NC(=O)COC(=O)c1cc(Cl)ccn1. The molecule has 0 saturated heterocycles. The van der Waals surface area contributed by atoms with Gasteiger partial charge in [-0.15, -0.1) is 0 Å². The van der Waals surface area contributed by atoms with Crippen LogP contribution in [0.5, 0.6) is 0 Å². The standard InChI is InChI=1S/C20H23ClN2O3/c1-12(2)15-6-5-7-16(13(3)4)19(15)23-18(24)11-26-20(25)17-10-14(21)8-9-22-17/h5-10,12-13H,11H2,1-4H3,(H,23,24). The Bertz CT molecular complexity index is 777. The van der Waals surface area contributed by atoms with E-state index in [1.165, 1.54) is 12.3 Å². The van der Waals surface area contributed by atoms with Crippen LogP contribution in [0.1, 0.15) is 61.1 Å². The molecular weight excluding hydrogens is 352 g/mol. The molecule has 1 aromatic carbocycles. The number of esters is 1. The molecule has 2 rings (SSSR count). The van der Waals surface area contributed by atoms with Gasteiger partial charge in [0.1, 0.15) is 5.69 Å². The Balaban J connectivity index is 2.09. The summed E-state index contributed by atoms with van der Waals surface area (Å²) in [6.07, 6.45) is 1.41. The second-order valence-corrected chi connectivity index (χ2v) is 7.04. The Morgan fingerprint density at radius 2 is 1.73 bits per heavy atom. The molecule has 0 atom stereocenters. The van der Waals surface area contributed by atoms with E-state index in [0.29, 0.717) is 5.02 Å². The van der Waals surface area contributed by atoms with Gasteiger partial charge in [-0.05, 0) is 35.1 Å². The summed E-state index contributed by atoms with van der Waals surface area (Å²) in [4.78, 5) is 28.2. The lowest BCUT2D eigenvalue weighted by molar-refractivity contribution is -0.119. The van der Waals surface area contributed by atoms with Crippen molar-refractivity contribution in [2.24, 2.45) is 0 Å². The van der Waals surface area contributed by atoms with E-state index in [0.717, 1.165) is 16.8 Å². The molecule has 6 heteroatoms. The van der Waals surface area contributed by atoms with Crippen LogP contribution in [0.2, 0.25) is 5.02 Å². The molecule has 0 saturated carbocycles. The highest BCUT2D eigenvalue weighted by molar-refractivity contribution is 6.30. The van der Waals surface area contributed by atoms with E-state index in [9.17, 15) is 9.59 Å². The fourth-order valence-corrected chi connectivity index (χ4v) is 2.75. The molecule has 26 heavy (non-hydrogen) atoms. The second kappa shape index (κ2) is 8.81. The van der Waals surface area contributed by atoms with Gasteiger partial charge in [0, 0.05) is 16.9 Å². The third-order valence-corrected chi connectivity index (χ3v) is 4.14. The highest BCUT2D eigenvalue weighted by Crippen LogP contribution is 2.32. The normalized spacial score (nSPS) is 10.9. The Hall–Kier alpha value is -2.40. The van der Waals surface area contributed by atoms with Crippen LogP contribution in [0.25, 0.3) is 0 Å². The van der Waals surface area contributed by atoms with Gasteiger partial charge in [-0.1, -0.05) is 57.5 Å². The number of rotatable bonds is 6. The number of nitrogens with zero attached hydrogens (tertiary/aromatic N) is 1. The summed E-state index contributed by atoms with van der Waals surface area (Å²) in [7, 11) is 0. The van der Waals surface area contributed by atoms with Gasteiger partial charge in [0.2, 0.25) is 0 Å². The fraction of sp³-hybridized carbons (Fsp3) is 0.350. The number of nitrogens with one attached hydrogen (secondary N) is 1. The fourth-order valence-electron chi connectivity index (χ4n) is 2.59. The zero-order valence-electron chi connectivity index (χ0n) is 15.4. The first-order valence-electron chi connectivity index (χ1n) is 8.51. The van der Waals surface area contributed by atoms with Gasteiger partial charge in [0.25, 0.3) is 5.91 Å². The van der Waals surface area contributed by atoms with Crippen LogP contribution in [0, 0.1) is 0 Å².